The van der Waals surface area contributed by atoms with Crippen molar-refractivity contribution < 1.29 is 47.0 Å². The maximum Gasteiger partial charge on any atom is 0.490 e. The number of carbonyl (C=O) groups excluding carboxylic acids is 4. The number of fused-ring (bicyclic) bond motifs is 1. The number of likely N-dealkylation sites (tertiary alicyclic amines) is 1. The fourth-order valence-corrected chi connectivity index (χ4v) is 2.98. The molecule has 1 fully saturated rings. The summed E-state index contributed by atoms with van der Waals surface area (Å²) >= 11 is 0. The van der Waals surface area contributed by atoms with Crippen LogP contribution in [0.4, 0.5) is 13.2 Å². The molecule has 0 radical (unpaired) electrons. The predicted octanol–water partition coefficient (Wildman–Crippen LogP) is 0.401. The van der Waals surface area contributed by atoms with Crippen LogP contribution < -0.4 is 10.5 Å². The number of carbonyl (C=O) groups is 5. The van der Waals surface area contributed by atoms with Gasteiger partial charge in [-0.3, -0.25) is 29.0 Å². The van der Waals surface area contributed by atoms with Gasteiger partial charge in [-0.2, -0.15) is 13.2 Å². The Kier molecular flexibility index (Phi) is 7.00. The van der Waals surface area contributed by atoms with Crippen LogP contribution in [0.2, 0.25) is 0 Å². The third-order valence-corrected chi connectivity index (χ3v) is 4.46. The van der Waals surface area contributed by atoms with Gasteiger partial charge in [0, 0.05) is 20.0 Å². The molecule has 4 amide bonds. The highest BCUT2D eigenvalue weighted by molar-refractivity contribution is 6.24. The van der Waals surface area contributed by atoms with Crippen LogP contribution in [0.25, 0.3) is 0 Å². The molecule has 0 aliphatic carbocycles. The summed E-state index contributed by atoms with van der Waals surface area (Å²) in [6, 6.07) is 3.74. The molecule has 2 aliphatic rings. The molecule has 1 aromatic carbocycles. The summed E-state index contributed by atoms with van der Waals surface area (Å²) in [5, 5.41) is 7.12. The third kappa shape index (κ3) is 4.82. The van der Waals surface area contributed by atoms with Crippen molar-refractivity contribution in [2.45, 2.75) is 25.1 Å². The Hall–Kier alpha value is -3.48. The van der Waals surface area contributed by atoms with E-state index in [9.17, 15) is 32.3 Å². The average molecular weight is 445 g/mol. The summed E-state index contributed by atoms with van der Waals surface area (Å²) in [6.45, 7) is 0.473. The van der Waals surface area contributed by atoms with Gasteiger partial charge in [-0.05, 0) is 18.6 Å². The molecule has 2 aliphatic heterocycles. The van der Waals surface area contributed by atoms with Crippen molar-refractivity contribution in [1.82, 2.24) is 9.80 Å². The first-order chi connectivity index (χ1) is 14.4. The second kappa shape index (κ2) is 9.12. The molecule has 1 saturated heterocycles. The Balaban J connectivity index is 0.000000423. The van der Waals surface area contributed by atoms with Crippen molar-refractivity contribution in [3.8, 4) is 5.75 Å². The zero-order valence-corrected chi connectivity index (χ0v) is 16.1. The van der Waals surface area contributed by atoms with E-state index in [2.05, 4.69) is 0 Å². The van der Waals surface area contributed by atoms with E-state index in [1.54, 1.807) is 12.1 Å². The summed E-state index contributed by atoms with van der Waals surface area (Å²) in [4.78, 5) is 60.1. The number of imide groups is 2. The summed E-state index contributed by atoms with van der Waals surface area (Å²) in [6.07, 6.45) is -4.84. The van der Waals surface area contributed by atoms with E-state index in [0.717, 1.165) is 9.80 Å². The topological polar surface area (TPSA) is 147 Å². The molecule has 1 atom stereocenters. The van der Waals surface area contributed by atoms with Crippen LogP contribution in [-0.2, 0) is 14.4 Å². The molecule has 1 aromatic rings. The Morgan fingerprint density at radius 2 is 1.84 bits per heavy atom. The number of amides is 4. The number of rotatable bonds is 4. The highest BCUT2D eigenvalue weighted by Gasteiger charge is 2.47. The number of likely N-dealkylation sites (N-methyl/N-ethyl adjacent to an activating group) is 1. The highest BCUT2D eigenvalue weighted by atomic mass is 19.4. The zero-order chi connectivity index (χ0) is 23.5. The second-order valence-electron chi connectivity index (χ2n) is 6.44. The van der Waals surface area contributed by atoms with Crippen molar-refractivity contribution in [2.24, 2.45) is 5.73 Å². The lowest BCUT2D eigenvalue weighted by molar-refractivity contribution is -0.192. The van der Waals surface area contributed by atoms with E-state index >= 15 is 0 Å². The molecule has 0 aromatic heterocycles. The number of piperidine rings is 1. The molecule has 13 heteroatoms. The number of nitrogens with two attached hydrogens (primary N) is 1. The SMILES string of the molecule is CN1C(=O)CCC(N2C(=O)c3cccc(OCCN)c3C2=O)C1=O.O=C(O)C(F)(F)F. The minimum Gasteiger partial charge on any atom is -0.491 e. The lowest BCUT2D eigenvalue weighted by Crippen LogP contribution is -2.54. The van der Waals surface area contributed by atoms with Crippen LogP contribution >= 0.6 is 0 Å². The Bertz CT molecular complexity index is 932. The largest absolute Gasteiger partial charge is 0.491 e. The summed E-state index contributed by atoms with van der Waals surface area (Å²) in [7, 11) is 1.35. The molecule has 10 nitrogen and oxygen atoms in total. The minimum absolute atomic E-state index is 0.108. The predicted molar refractivity (Wildman–Crippen MR) is 96.0 cm³/mol. The van der Waals surface area contributed by atoms with Crippen molar-refractivity contribution in [3.63, 3.8) is 0 Å². The number of alkyl halides is 3. The van der Waals surface area contributed by atoms with Crippen LogP contribution in [0.5, 0.6) is 5.75 Å². The number of nitrogens with zero attached hydrogens (tertiary/aromatic N) is 2. The summed E-state index contributed by atoms with van der Waals surface area (Å²) in [5.41, 5.74) is 5.74. The van der Waals surface area contributed by atoms with E-state index in [1.165, 1.54) is 13.1 Å². The molecule has 31 heavy (non-hydrogen) atoms. The van der Waals surface area contributed by atoms with Crippen molar-refractivity contribution >= 4 is 29.6 Å². The number of carboxylic acids is 1. The number of hydrogen-bond acceptors (Lipinski definition) is 7. The van der Waals surface area contributed by atoms with E-state index in [4.69, 9.17) is 20.4 Å². The summed E-state index contributed by atoms with van der Waals surface area (Å²) in [5.74, 6) is -4.48. The standard InChI is InChI=1S/C16H17N3O5.C2HF3O2/c1-18-12(20)6-5-10(15(18)22)19-14(21)9-3-2-4-11(24-8-7-17)13(9)16(19)23;3-2(4,5)1(6)7/h2-4,10H,5-8,17H2,1H3;(H,6,7). The fraction of sp³-hybridized carbons (Fsp3) is 0.389. The molecule has 1 unspecified atom stereocenters. The number of hydrogen-bond donors (Lipinski definition) is 2. The smallest absolute Gasteiger partial charge is 0.490 e. The van der Waals surface area contributed by atoms with Crippen LogP contribution in [-0.4, -0.2) is 76.9 Å². The maximum absolute atomic E-state index is 12.8. The number of ether oxygens (including phenoxy) is 1. The molecule has 0 bridgehead atoms. The van der Waals surface area contributed by atoms with Gasteiger partial charge in [0.1, 0.15) is 18.4 Å². The van der Waals surface area contributed by atoms with E-state index < -0.39 is 35.9 Å². The van der Waals surface area contributed by atoms with E-state index in [-0.39, 0.29) is 48.8 Å². The van der Waals surface area contributed by atoms with Crippen LogP contribution in [0.1, 0.15) is 33.6 Å². The maximum atomic E-state index is 12.8. The molecular formula is C18H18F3N3O7. The number of halogens is 3. The summed E-state index contributed by atoms with van der Waals surface area (Å²) < 4.78 is 37.2. The van der Waals surface area contributed by atoms with Gasteiger partial charge >= 0.3 is 12.1 Å². The monoisotopic (exact) mass is 445 g/mol. The average Bonchev–Trinajstić information content (AvgIpc) is 2.96. The molecular weight excluding hydrogens is 427 g/mol. The van der Waals surface area contributed by atoms with Gasteiger partial charge in [0.05, 0.1) is 11.1 Å². The van der Waals surface area contributed by atoms with E-state index in [0.29, 0.717) is 0 Å². The lowest BCUT2D eigenvalue weighted by atomic mass is 10.0. The second-order valence-corrected chi connectivity index (χ2v) is 6.44. The highest BCUT2D eigenvalue weighted by Crippen LogP contribution is 2.34. The molecule has 0 saturated carbocycles. The van der Waals surface area contributed by atoms with Gasteiger partial charge in [-0.15, -0.1) is 0 Å². The normalized spacial score (nSPS) is 18.5. The third-order valence-electron chi connectivity index (χ3n) is 4.46. The fourth-order valence-electron chi connectivity index (χ4n) is 2.98. The molecule has 0 spiro atoms. The molecule has 2 heterocycles. The van der Waals surface area contributed by atoms with Crippen LogP contribution in [0.15, 0.2) is 18.2 Å². The number of benzene rings is 1. The molecule has 3 rings (SSSR count). The lowest BCUT2D eigenvalue weighted by Gasteiger charge is -2.32. The van der Waals surface area contributed by atoms with Crippen molar-refractivity contribution in [1.29, 1.82) is 0 Å². The Morgan fingerprint density at radius 3 is 2.39 bits per heavy atom. The first-order valence-electron chi connectivity index (χ1n) is 8.86. The number of aliphatic carboxylic acids is 1. The van der Waals surface area contributed by atoms with Gasteiger partial charge in [0.25, 0.3) is 17.7 Å². The Labute approximate surface area is 173 Å². The van der Waals surface area contributed by atoms with Gasteiger partial charge < -0.3 is 15.6 Å². The van der Waals surface area contributed by atoms with Gasteiger partial charge in [0.2, 0.25) is 5.91 Å². The van der Waals surface area contributed by atoms with Gasteiger partial charge in [-0.25, -0.2) is 4.79 Å². The van der Waals surface area contributed by atoms with Crippen LogP contribution in [0, 0.1) is 0 Å². The minimum atomic E-state index is -5.08. The van der Waals surface area contributed by atoms with E-state index in [1.807, 2.05) is 0 Å². The van der Waals surface area contributed by atoms with Crippen LogP contribution in [0.3, 0.4) is 0 Å². The Morgan fingerprint density at radius 1 is 1.23 bits per heavy atom. The van der Waals surface area contributed by atoms with Crippen molar-refractivity contribution in [2.75, 3.05) is 20.2 Å². The van der Waals surface area contributed by atoms with Gasteiger partial charge in [0.15, 0.2) is 0 Å². The first-order valence-corrected chi connectivity index (χ1v) is 8.86. The number of carboxylic acid groups (broad SMARTS) is 1. The van der Waals surface area contributed by atoms with Crippen molar-refractivity contribution in [3.05, 3.63) is 29.3 Å². The quantitative estimate of drug-likeness (QED) is 0.633. The molecule has 3 N–H and O–H groups in total. The van der Waals surface area contributed by atoms with Gasteiger partial charge in [-0.1, -0.05) is 6.07 Å². The molecule has 168 valence electrons. The zero-order valence-electron chi connectivity index (χ0n) is 16.1. The first kappa shape index (κ1) is 23.8.